The van der Waals surface area contributed by atoms with Gasteiger partial charge in [-0.2, -0.15) is 10.2 Å². The topological polar surface area (TPSA) is 169 Å². The minimum Gasteiger partial charge on any atom is -0.273 e. The molecule has 0 atom stereocenters. The van der Waals surface area contributed by atoms with E-state index in [0.717, 1.165) is 12.8 Å². The summed E-state index contributed by atoms with van der Waals surface area (Å²) in [7, 11) is 0. The molecule has 12 nitrogen and oxygen atoms in total. The summed E-state index contributed by atoms with van der Waals surface area (Å²) in [5.74, 6) is -0.521. The standard InChI is InChI=1S/C24H28N6O6/c1-17(19-9-7-11-21(15-19)29(33)34)25-27-23(31)13-5-3-4-6-14-24(32)28-26-18(2)20-10-8-12-22(16-20)30(35)36/h7-12,15-16H,3-6,13-14H2,1-2H3,(H,27,31)(H,28,32)/b25-17+,26-18+. The Morgan fingerprint density at radius 1 is 0.722 bits per heavy atom. The van der Waals surface area contributed by atoms with Gasteiger partial charge in [0.2, 0.25) is 11.8 Å². The Morgan fingerprint density at radius 3 is 1.47 bits per heavy atom. The van der Waals surface area contributed by atoms with Gasteiger partial charge < -0.3 is 0 Å². The van der Waals surface area contributed by atoms with Crippen LogP contribution < -0.4 is 10.9 Å². The summed E-state index contributed by atoms with van der Waals surface area (Å²) in [6, 6.07) is 12.0. The molecule has 0 unspecified atom stereocenters. The van der Waals surface area contributed by atoms with E-state index in [1.165, 1.54) is 24.3 Å². The number of hydrazone groups is 2. The SMILES string of the molecule is C/C(=N\NC(=O)CCCCCCC(=O)N/N=C(\C)c1cccc([N+](=O)[O-])c1)c1cccc([N+](=O)[O-])c1. The smallest absolute Gasteiger partial charge is 0.270 e. The number of hydrogen-bond donors (Lipinski definition) is 2. The molecule has 0 aliphatic rings. The van der Waals surface area contributed by atoms with Gasteiger partial charge in [-0.05, 0) is 26.7 Å². The predicted molar refractivity (Wildman–Crippen MR) is 135 cm³/mol. The van der Waals surface area contributed by atoms with Crippen LogP contribution in [0.3, 0.4) is 0 Å². The van der Waals surface area contributed by atoms with Crippen LogP contribution in [0, 0.1) is 20.2 Å². The summed E-state index contributed by atoms with van der Waals surface area (Å²) in [6.07, 6.45) is 3.30. The summed E-state index contributed by atoms with van der Waals surface area (Å²) in [5, 5.41) is 29.7. The van der Waals surface area contributed by atoms with Gasteiger partial charge in [0.25, 0.3) is 11.4 Å². The fourth-order valence-corrected chi connectivity index (χ4v) is 3.15. The molecule has 0 radical (unpaired) electrons. The van der Waals surface area contributed by atoms with Gasteiger partial charge in [-0.3, -0.25) is 29.8 Å². The molecule has 36 heavy (non-hydrogen) atoms. The van der Waals surface area contributed by atoms with Crippen molar-refractivity contribution in [2.24, 2.45) is 10.2 Å². The van der Waals surface area contributed by atoms with Crippen LogP contribution in [0.2, 0.25) is 0 Å². The third kappa shape index (κ3) is 9.41. The molecular formula is C24H28N6O6. The average molecular weight is 497 g/mol. The van der Waals surface area contributed by atoms with Crippen molar-refractivity contribution >= 4 is 34.6 Å². The maximum absolute atomic E-state index is 12.0. The van der Waals surface area contributed by atoms with E-state index in [1.54, 1.807) is 38.1 Å². The number of nitrogens with one attached hydrogen (secondary N) is 2. The lowest BCUT2D eigenvalue weighted by molar-refractivity contribution is -0.385. The highest BCUT2D eigenvalue weighted by atomic mass is 16.6. The quantitative estimate of drug-likeness (QED) is 0.182. The van der Waals surface area contributed by atoms with Gasteiger partial charge in [-0.15, -0.1) is 0 Å². The number of non-ortho nitro benzene ring substituents is 2. The number of carbonyl (C=O) groups is 2. The monoisotopic (exact) mass is 496 g/mol. The molecule has 0 heterocycles. The normalized spacial score (nSPS) is 11.6. The highest BCUT2D eigenvalue weighted by molar-refractivity contribution is 6.00. The molecule has 2 N–H and O–H groups in total. The van der Waals surface area contributed by atoms with Crippen LogP contribution in [0.5, 0.6) is 0 Å². The fourth-order valence-electron chi connectivity index (χ4n) is 3.15. The van der Waals surface area contributed by atoms with E-state index in [0.29, 0.717) is 35.4 Å². The Labute approximate surface area is 207 Å². The molecule has 12 heteroatoms. The molecule has 2 rings (SSSR count). The van der Waals surface area contributed by atoms with E-state index in [-0.39, 0.29) is 36.0 Å². The van der Waals surface area contributed by atoms with E-state index in [1.807, 2.05) is 0 Å². The highest BCUT2D eigenvalue weighted by Gasteiger charge is 2.09. The fraction of sp³-hybridized carbons (Fsp3) is 0.333. The van der Waals surface area contributed by atoms with Gasteiger partial charge in [-0.1, -0.05) is 37.1 Å². The Morgan fingerprint density at radius 2 is 1.11 bits per heavy atom. The van der Waals surface area contributed by atoms with Crippen LogP contribution in [-0.4, -0.2) is 33.1 Å². The summed E-state index contributed by atoms with van der Waals surface area (Å²) in [4.78, 5) is 44.7. The van der Waals surface area contributed by atoms with Crippen LogP contribution in [0.4, 0.5) is 11.4 Å². The van der Waals surface area contributed by atoms with Crippen molar-refractivity contribution in [2.45, 2.75) is 52.4 Å². The third-order valence-electron chi connectivity index (χ3n) is 5.20. The summed E-state index contributed by atoms with van der Waals surface area (Å²) >= 11 is 0. The number of rotatable bonds is 13. The second-order valence-electron chi connectivity index (χ2n) is 7.99. The number of carbonyl (C=O) groups excluding carboxylic acids is 2. The summed E-state index contributed by atoms with van der Waals surface area (Å²) < 4.78 is 0. The molecule has 0 aliphatic heterocycles. The highest BCUT2D eigenvalue weighted by Crippen LogP contribution is 2.15. The molecule has 0 aliphatic carbocycles. The Hall–Kier alpha value is -4.48. The van der Waals surface area contributed by atoms with Crippen LogP contribution in [0.15, 0.2) is 58.7 Å². The number of benzene rings is 2. The Kier molecular flexibility index (Phi) is 10.8. The minimum atomic E-state index is -0.492. The van der Waals surface area contributed by atoms with Crippen molar-refractivity contribution in [3.8, 4) is 0 Å². The zero-order valence-electron chi connectivity index (χ0n) is 20.1. The molecule has 2 aromatic carbocycles. The summed E-state index contributed by atoms with van der Waals surface area (Å²) in [5.41, 5.74) is 6.82. The average Bonchev–Trinajstić information content (AvgIpc) is 2.87. The molecule has 0 spiro atoms. The van der Waals surface area contributed by atoms with Crippen LogP contribution in [-0.2, 0) is 9.59 Å². The molecule has 190 valence electrons. The van der Waals surface area contributed by atoms with E-state index >= 15 is 0 Å². The van der Waals surface area contributed by atoms with E-state index in [4.69, 9.17) is 0 Å². The zero-order valence-corrected chi connectivity index (χ0v) is 20.1. The van der Waals surface area contributed by atoms with Gasteiger partial charge in [0.15, 0.2) is 0 Å². The lowest BCUT2D eigenvalue weighted by Crippen LogP contribution is -2.19. The molecule has 0 aromatic heterocycles. The van der Waals surface area contributed by atoms with E-state index in [9.17, 15) is 29.8 Å². The molecule has 0 bridgehead atoms. The van der Waals surface area contributed by atoms with Crippen molar-refractivity contribution in [3.05, 3.63) is 79.9 Å². The number of unbranched alkanes of at least 4 members (excludes halogenated alkanes) is 3. The molecule has 2 amide bonds. The lowest BCUT2D eigenvalue weighted by atomic mass is 10.1. The maximum atomic E-state index is 12.0. The first-order valence-electron chi connectivity index (χ1n) is 11.3. The summed E-state index contributed by atoms with van der Waals surface area (Å²) in [6.45, 7) is 3.30. The van der Waals surface area contributed by atoms with E-state index < -0.39 is 9.85 Å². The van der Waals surface area contributed by atoms with Crippen LogP contribution in [0.25, 0.3) is 0 Å². The van der Waals surface area contributed by atoms with Gasteiger partial charge in [0.1, 0.15) is 0 Å². The molecule has 0 saturated heterocycles. The molecular weight excluding hydrogens is 468 g/mol. The second kappa shape index (κ2) is 14.0. The van der Waals surface area contributed by atoms with E-state index in [2.05, 4.69) is 21.1 Å². The van der Waals surface area contributed by atoms with Crippen molar-refractivity contribution < 1.29 is 19.4 Å². The third-order valence-corrected chi connectivity index (χ3v) is 5.20. The van der Waals surface area contributed by atoms with Gasteiger partial charge in [0, 0.05) is 48.2 Å². The van der Waals surface area contributed by atoms with Crippen molar-refractivity contribution in [3.63, 3.8) is 0 Å². The van der Waals surface area contributed by atoms with Gasteiger partial charge >= 0.3 is 0 Å². The second-order valence-corrected chi connectivity index (χ2v) is 7.99. The number of amides is 2. The van der Waals surface area contributed by atoms with Crippen molar-refractivity contribution in [1.29, 1.82) is 0 Å². The number of nitro groups is 2. The minimum absolute atomic E-state index is 0.0496. The van der Waals surface area contributed by atoms with Gasteiger partial charge in [-0.25, -0.2) is 10.9 Å². The van der Waals surface area contributed by atoms with Crippen LogP contribution >= 0.6 is 0 Å². The zero-order chi connectivity index (χ0) is 26.5. The number of hydrogen-bond acceptors (Lipinski definition) is 8. The molecule has 2 aromatic rings. The van der Waals surface area contributed by atoms with Crippen LogP contribution in [0.1, 0.15) is 63.5 Å². The van der Waals surface area contributed by atoms with Crippen molar-refractivity contribution in [1.82, 2.24) is 10.9 Å². The van der Waals surface area contributed by atoms with Crippen molar-refractivity contribution in [2.75, 3.05) is 0 Å². The maximum Gasteiger partial charge on any atom is 0.270 e. The molecule has 0 fully saturated rings. The predicted octanol–water partition coefficient (Wildman–Crippen LogP) is 4.22. The Balaban J connectivity index is 1.64. The number of nitro benzene ring substituents is 2. The Bertz CT molecular complexity index is 1090. The number of nitrogens with zero attached hydrogens (tertiary/aromatic N) is 4. The van der Waals surface area contributed by atoms with Gasteiger partial charge in [0.05, 0.1) is 21.3 Å². The first-order chi connectivity index (χ1) is 17.2. The largest absolute Gasteiger partial charge is 0.273 e. The lowest BCUT2D eigenvalue weighted by Gasteiger charge is -2.04. The first-order valence-corrected chi connectivity index (χ1v) is 11.3. The molecule has 0 saturated carbocycles. The first kappa shape index (κ1) is 27.8.